The van der Waals surface area contributed by atoms with Crippen LogP contribution in [0.5, 0.6) is 0 Å². The predicted molar refractivity (Wildman–Crippen MR) is 70.6 cm³/mol. The van der Waals surface area contributed by atoms with Crippen LogP contribution in [0.15, 0.2) is 0 Å². The lowest BCUT2D eigenvalue weighted by Crippen LogP contribution is -2.61. The van der Waals surface area contributed by atoms with Crippen LogP contribution < -0.4 is 0 Å². The summed E-state index contributed by atoms with van der Waals surface area (Å²) in [5.41, 5.74) is 0. The normalized spacial score (nSPS) is 50.0. The zero-order valence-corrected chi connectivity index (χ0v) is 12.5. The van der Waals surface area contributed by atoms with Gasteiger partial charge in [-0.25, -0.2) is 0 Å². The molecule has 1 unspecified atom stereocenters. The van der Waals surface area contributed by atoms with E-state index in [1.807, 2.05) is 0 Å². The van der Waals surface area contributed by atoms with Gasteiger partial charge >= 0.3 is 0 Å². The van der Waals surface area contributed by atoms with Gasteiger partial charge in [-0.1, -0.05) is 0 Å². The first kappa shape index (κ1) is 18.0. The van der Waals surface area contributed by atoms with Crippen LogP contribution in [0, 0.1) is 0 Å². The van der Waals surface area contributed by atoms with Gasteiger partial charge in [0, 0.05) is 13.5 Å². The lowest BCUT2D eigenvalue weighted by Gasteiger charge is -2.44. The van der Waals surface area contributed by atoms with E-state index in [0.717, 1.165) is 0 Å². The molecule has 0 saturated carbocycles. The minimum Gasteiger partial charge on any atom is -0.394 e. The molecule has 2 aliphatic heterocycles. The number of ether oxygens (including phenoxy) is 4. The molecule has 0 aromatic heterocycles. The van der Waals surface area contributed by atoms with Crippen LogP contribution in [-0.2, 0) is 18.9 Å². The summed E-state index contributed by atoms with van der Waals surface area (Å²) in [6.07, 6.45) is -9.24. The van der Waals surface area contributed by atoms with Crippen LogP contribution >= 0.6 is 0 Å². The van der Waals surface area contributed by atoms with E-state index in [1.54, 1.807) is 6.92 Å². The Kier molecular flexibility index (Phi) is 6.11. The van der Waals surface area contributed by atoms with Crippen molar-refractivity contribution in [2.24, 2.45) is 0 Å². The van der Waals surface area contributed by atoms with Crippen molar-refractivity contribution in [3.63, 3.8) is 0 Å². The highest BCUT2D eigenvalue weighted by atomic mass is 16.7. The van der Waals surface area contributed by atoms with E-state index in [9.17, 15) is 20.4 Å². The number of hydrogen-bond donors (Lipinski definition) is 5. The molecule has 0 aliphatic carbocycles. The maximum absolute atomic E-state index is 9.98. The third-order valence-electron chi connectivity index (χ3n) is 4.08. The molecule has 2 aliphatic rings. The third kappa shape index (κ3) is 3.58. The van der Waals surface area contributed by atoms with Crippen LogP contribution in [0.2, 0.25) is 0 Å². The van der Waals surface area contributed by atoms with Gasteiger partial charge in [-0.15, -0.1) is 0 Å². The zero-order chi connectivity index (χ0) is 16.4. The highest BCUT2D eigenvalue weighted by Crippen LogP contribution is 2.29. The number of methoxy groups -OCH3 is 1. The molecule has 2 heterocycles. The first-order valence-electron chi connectivity index (χ1n) is 7.21. The molecule has 9 nitrogen and oxygen atoms in total. The van der Waals surface area contributed by atoms with Gasteiger partial charge in [-0.05, 0) is 6.92 Å². The third-order valence-corrected chi connectivity index (χ3v) is 4.08. The standard InChI is InChI=1S/C13H24O9/c1-5-12(6(19-2)3-8(15)20-5)22-13-11(18)10(17)9(16)7(4-14)21-13/h5-18H,3-4H2,1-2H3/t5-,6-,7+,8?,9+,10-,11+,12-,13-/m0/s1. The molecule has 9 atom stereocenters. The summed E-state index contributed by atoms with van der Waals surface area (Å²) in [5, 5.41) is 48.2. The number of hydrogen-bond acceptors (Lipinski definition) is 9. The van der Waals surface area contributed by atoms with Gasteiger partial charge in [0.25, 0.3) is 0 Å². The Labute approximate surface area is 128 Å². The first-order valence-corrected chi connectivity index (χ1v) is 7.21. The fraction of sp³-hybridized carbons (Fsp3) is 1.00. The van der Waals surface area contributed by atoms with Crippen molar-refractivity contribution in [2.75, 3.05) is 13.7 Å². The minimum atomic E-state index is -1.51. The Morgan fingerprint density at radius 2 is 1.73 bits per heavy atom. The first-order chi connectivity index (χ1) is 10.4. The zero-order valence-electron chi connectivity index (χ0n) is 12.5. The summed E-state index contributed by atoms with van der Waals surface area (Å²) >= 11 is 0. The summed E-state index contributed by atoms with van der Waals surface area (Å²) in [6.45, 7) is 1.14. The fourth-order valence-corrected chi connectivity index (χ4v) is 2.78. The number of rotatable bonds is 4. The van der Waals surface area contributed by atoms with E-state index < -0.39 is 61.9 Å². The number of aliphatic hydroxyl groups is 5. The van der Waals surface area contributed by atoms with Crippen LogP contribution in [0.4, 0.5) is 0 Å². The van der Waals surface area contributed by atoms with Gasteiger partial charge in [-0.3, -0.25) is 0 Å². The van der Waals surface area contributed by atoms with Crippen molar-refractivity contribution < 1.29 is 44.5 Å². The molecule has 0 bridgehead atoms. The molecule has 2 rings (SSSR count). The molecule has 0 aromatic rings. The van der Waals surface area contributed by atoms with Crippen molar-refractivity contribution >= 4 is 0 Å². The molecule has 2 saturated heterocycles. The van der Waals surface area contributed by atoms with E-state index in [0.29, 0.717) is 0 Å². The van der Waals surface area contributed by atoms with Crippen molar-refractivity contribution in [1.29, 1.82) is 0 Å². The average molecular weight is 324 g/mol. The van der Waals surface area contributed by atoms with Crippen LogP contribution in [0.1, 0.15) is 13.3 Å². The minimum absolute atomic E-state index is 0.183. The Morgan fingerprint density at radius 3 is 2.32 bits per heavy atom. The second kappa shape index (κ2) is 7.47. The topological polar surface area (TPSA) is 138 Å². The molecule has 0 radical (unpaired) electrons. The number of aliphatic hydroxyl groups excluding tert-OH is 5. The van der Waals surface area contributed by atoms with Gasteiger partial charge in [0.1, 0.15) is 30.5 Å². The van der Waals surface area contributed by atoms with Crippen LogP contribution in [0.3, 0.4) is 0 Å². The second-order valence-corrected chi connectivity index (χ2v) is 5.60. The smallest absolute Gasteiger partial charge is 0.187 e. The molecule has 0 spiro atoms. The summed E-state index contributed by atoms with van der Waals surface area (Å²) in [4.78, 5) is 0. The van der Waals surface area contributed by atoms with Gasteiger partial charge < -0.3 is 44.5 Å². The maximum Gasteiger partial charge on any atom is 0.187 e. The Bertz CT molecular complexity index is 352. The predicted octanol–water partition coefficient (Wildman–Crippen LogP) is -2.69. The van der Waals surface area contributed by atoms with E-state index in [2.05, 4.69) is 0 Å². The molecular weight excluding hydrogens is 300 g/mol. The summed E-state index contributed by atoms with van der Waals surface area (Å²) < 4.78 is 21.5. The van der Waals surface area contributed by atoms with Gasteiger partial charge in [-0.2, -0.15) is 0 Å². The van der Waals surface area contributed by atoms with Crippen molar-refractivity contribution in [1.82, 2.24) is 0 Å². The van der Waals surface area contributed by atoms with Crippen molar-refractivity contribution in [2.45, 2.75) is 68.7 Å². The van der Waals surface area contributed by atoms with Crippen LogP contribution in [0.25, 0.3) is 0 Å². The highest BCUT2D eigenvalue weighted by Gasteiger charge is 2.47. The molecule has 9 heteroatoms. The maximum atomic E-state index is 9.98. The largest absolute Gasteiger partial charge is 0.394 e. The summed E-state index contributed by atoms with van der Waals surface area (Å²) in [5.74, 6) is 0. The highest BCUT2D eigenvalue weighted by molar-refractivity contribution is 4.91. The molecule has 130 valence electrons. The fourth-order valence-electron chi connectivity index (χ4n) is 2.78. The molecule has 0 amide bonds. The van der Waals surface area contributed by atoms with Gasteiger partial charge in [0.2, 0.25) is 0 Å². The van der Waals surface area contributed by atoms with E-state index in [-0.39, 0.29) is 6.42 Å². The second-order valence-electron chi connectivity index (χ2n) is 5.60. The lowest BCUT2D eigenvalue weighted by molar-refractivity contribution is -0.340. The lowest BCUT2D eigenvalue weighted by atomic mass is 9.98. The van der Waals surface area contributed by atoms with E-state index >= 15 is 0 Å². The summed E-state index contributed by atoms with van der Waals surface area (Å²) in [7, 11) is 1.46. The average Bonchev–Trinajstić information content (AvgIpc) is 2.49. The molecular formula is C13H24O9. The van der Waals surface area contributed by atoms with Crippen LogP contribution in [-0.4, -0.2) is 94.6 Å². The Balaban J connectivity index is 2.07. The van der Waals surface area contributed by atoms with Gasteiger partial charge in [0.15, 0.2) is 12.6 Å². The summed E-state index contributed by atoms with van der Waals surface area (Å²) in [6, 6.07) is 0. The van der Waals surface area contributed by atoms with E-state index in [1.165, 1.54) is 7.11 Å². The molecule has 5 N–H and O–H groups in total. The Morgan fingerprint density at radius 1 is 1.05 bits per heavy atom. The molecule has 22 heavy (non-hydrogen) atoms. The van der Waals surface area contributed by atoms with Crippen molar-refractivity contribution in [3.8, 4) is 0 Å². The molecule has 2 fully saturated rings. The molecule has 0 aromatic carbocycles. The van der Waals surface area contributed by atoms with Gasteiger partial charge in [0.05, 0.1) is 18.8 Å². The Hall–Kier alpha value is -0.360. The monoisotopic (exact) mass is 324 g/mol. The quantitative estimate of drug-likeness (QED) is 0.374. The van der Waals surface area contributed by atoms with E-state index in [4.69, 9.17) is 24.1 Å². The SMILES string of the molecule is CO[C@H]1CC(O)O[C@@H](C)[C@@H]1O[C@@H]1O[C@H](CO)[C@@H](O)[C@H](O)[C@H]1O. The van der Waals surface area contributed by atoms with Crippen molar-refractivity contribution in [3.05, 3.63) is 0 Å².